The second kappa shape index (κ2) is 9.73. The summed E-state index contributed by atoms with van der Waals surface area (Å²) in [6, 6.07) is 22.9. The molecular formula is C25H18Cl2N2O3. The number of ether oxygens (including phenoxy) is 1. The molecule has 4 rings (SSSR count). The number of nitrogens with one attached hydrogen (secondary N) is 1. The Morgan fingerprint density at radius 1 is 1.00 bits per heavy atom. The highest BCUT2D eigenvalue weighted by molar-refractivity contribution is 6.35. The number of hydrogen-bond donors (Lipinski definition) is 2. The fourth-order valence-electron chi connectivity index (χ4n) is 3.14. The standard InChI is InChI=1S/C25H18Cl2N2O3/c26-19-9-5-18(23(27)13-19)15-32-20-10-6-17(7-11-20)25(31)29-28-14-22-21-4-2-1-3-16(21)8-12-24(22)30/h1-14,30H,15H2,(H,29,31)/b28-14+. The van der Waals surface area contributed by atoms with Gasteiger partial charge in [0.25, 0.3) is 5.91 Å². The minimum Gasteiger partial charge on any atom is -0.507 e. The van der Waals surface area contributed by atoms with Crippen molar-refractivity contribution in [3.63, 3.8) is 0 Å². The summed E-state index contributed by atoms with van der Waals surface area (Å²) in [6.45, 7) is 0.278. The van der Waals surface area contributed by atoms with Gasteiger partial charge in [0.2, 0.25) is 0 Å². The summed E-state index contributed by atoms with van der Waals surface area (Å²) in [6.07, 6.45) is 1.43. The van der Waals surface area contributed by atoms with Gasteiger partial charge in [-0.25, -0.2) is 5.43 Å². The van der Waals surface area contributed by atoms with Gasteiger partial charge in [-0.3, -0.25) is 4.79 Å². The minimum absolute atomic E-state index is 0.0870. The van der Waals surface area contributed by atoms with Gasteiger partial charge < -0.3 is 9.84 Å². The number of fused-ring (bicyclic) bond motifs is 1. The first-order chi connectivity index (χ1) is 15.5. The first-order valence-corrected chi connectivity index (χ1v) is 10.5. The monoisotopic (exact) mass is 464 g/mol. The highest BCUT2D eigenvalue weighted by atomic mass is 35.5. The van der Waals surface area contributed by atoms with Gasteiger partial charge in [-0.2, -0.15) is 5.10 Å². The number of phenolic OH excluding ortho intramolecular Hbond substituents is 1. The number of nitrogens with zero attached hydrogens (tertiary/aromatic N) is 1. The van der Waals surface area contributed by atoms with Gasteiger partial charge in [0, 0.05) is 26.7 Å². The van der Waals surface area contributed by atoms with E-state index in [1.165, 1.54) is 6.21 Å². The van der Waals surface area contributed by atoms with E-state index < -0.39 is 0 Å². The van der Waals surface area contributed by atoms with Crippen molar-refractivity contribution >= 4 is 46.1 Å². The predicted octanol–water partition coefficient (Wildman–Crippen LogP) is 6.20. The van der Waals surface area contributed by atoms with E-state index >= 15 is 0 Å². The van der Waals surface area contributed by atoms with Crippen LogP contribution < -0.4 is 10.2 Å². The number of phenols is 1. The summed E-state index contributed by atoms with van der Waals surface area (Å²) in [5, 5.41) is 17.1. The van der Waals surface area contributed by atoms with Crippen LogP contribution in [0.5, 0.6) is 11.5 Å². The number of hydrogen-bond acceptors (Lipinski definition) is 4. The van der Waals surface area contributed by atoms with Crippen LogP contribution in [-0.4, -0.2) is 17.2 Å². The van der Waals surface area contributed by atoms with Gasteiger partial charge >= 0.3 is 0 Å². The molecule has 0 heterocycles. The Morgan fingerprint density at radius 3 is 2.56 bits per heavy atom. The number of amides is 1. The van der Waals surface area contributed by atoms with E-state index in [9.17, 15) is 9.90 Å². The molecule has 0 fully saturated rings. The molecule has 0 saturated heterocycles. The average Bonchev–Trinajstić information content (AvgIpc) is 2.80. The third-order valence-corrected chi connectivity index (χ3v) is 5.42. The fourth-order valence-corrected chi connectivity index (χ4v) is 3.61. The third-order valence-electron chi connectivity index (χ3n) is 4.83. The van der Waals surface area contributed by atoms with Crippen molar-refractivity contribution in [3.8, 4) is 11.5 Å². The molecule has 0 unspecified atom stereocenters. The van der Waals surface area contributed by atoms with Gasteiger partial charge in [-0.05, 0) is 53.2 Å². The van der Waals surface area contributed by atoms with Crippen LogP contribution in [0.1, 0.15) is 21.5 Å². The first-order valence-electron chi connectivity index (χ1n) is 9.72. The van der Waals surface area contributed by atoms with Crippen molar-refractivity contribution in [2.24, 2.45) is 5.10 Å². The Hall–Kier alpha value is -3.54. The van der Waals surface area contributed by atoms with E-state index in [4.69, 9.17) is 27.9 Å². The molecule has 160 valence electrons. The zero-order valence-electron chi connectivity index (χ0n) is 16.8. The number of carbonyl (C=O) groups excluding carboxylic acids is 1. The van der Waals surface area contributed by atoms with E-state index in [0.717, 1.165) is 16.3 Å². The molecule has 7 heteroatoms. The Bertz CT molecular complexity index is 1300. The Labute approximate surface area is 194 Å². The number of carbonyl (C=O) groups is 1. The van der Waals surface area contributed by atoms with Crippen molar-refractivity contribution in [2.45, 2.75) is 6.61 Å². The predicted molar refractivity (Wildman–Crippen MR) is 128 cm³/mol. The van der Waals surface area contributed by atoms with Crippen LogP contribution in [0.2, 0.25) is 10.0 Å². The van der Waals surface area contributed by atoms with Crippen LogP contribution in [0.3, 0.4) is 0 Å². The Kier molecular flexibility index (Phi) is 6.59. The molecule has 32 heavy (non-hydrogen) atoms. The summed E-state index contributed by atoms with van der Waals surface area (Å²) in [7, 11) is 0. The minimum atomic E-state index is -0.381. The molecule has 0 atom stereocenters. The second-order valence-electron chi connectivity index (χ2n) is 6.97. The number of hydrazone groups is 1. The maximum absolute atomic E-state index is 12.4. The molecule has 0 aliphatic heterocycles. The van der Waals surface area contributed by atoms with Crippen molar-refractivity contribution in [1.82, 2.24) is 5.43 Å². The molecule has 0 aliphatic carbocycles. The molecule has 0 saturated carbocycles. The number of halogens is 2. The molecule has 0 radical (unpaired) electrons. The Morgan fingerprint density at radius 2 is 1.78 bits per heavy atom. The third kappa shape index (κ3) is 5.02. The average molecular weight is 465 g/mol. The molecular weight excluding hydrogens is 447 g/mol. The van der Waals surface area contributed by atoms with E-state index in [1.807, 2.05) is 30.3 Å². The van der Waals surface area contributed by atoms with E-state index in [0.29, 0.717) is 26.9 Å². The topological polar surface area (TPSA) is 70.9 Å². The van der Waals surface area contributed by atoms with Crippen molar-refractivity contribution in [1.29, 1.82) is 0 Å². The highest BCUT2D eigenvalue weighted by Gasteiger charge is 2.08. The lowest BCUT2D eigenvalue weighted by Crippen LogP contribution is -2.17. The lowest BCUT2D eigenvalue weighted by atomic mass is 10.0. The van der Waals surface area contributed by atoms with Crippen LogP contribution in [0.15, 0.2) is 84.0 Å². The molecule has 2 N–H and O–H groups in total. The summed E-state index contributed by atoms with van der Waals surface area (Å²) >= 11 is 12.1. The van der Waals surface area contributed by atoms with Crippen molar-refractivity contribution in [3.05, 3.63) is 106 Å². The first kappa shape index (κ1) is 21.7. The number of rotatable bonds is 6. The van der Waals surface area contributed by atoms with Gasteiger partial charge in [0.15, 0.2) is 0 Å². The zero-order chi connectivity index (χ0) is 22.5. The molecule has 4 aromatic carbocycles. The highest BCUT2D eigenvalue weighted by Crippen LogP contribution is 2.25. The molecule has 5 nitrogen and oxygen atoms in total. The van der Waals surface area contributed by atoms with Gasteiger partial charge in [0.05, 0.1) is 6.21 Å². The molecule has 4 aromatic rings. The quantitative estimate of drug-likeness (QED) is 0.263. The van der Waals surface area contributed by atoms with Crippen molar-refractivity contribution < 1.29 is 14.6 Å². The molecule has 0 aliphatic rings. The van der Waals surface area contributed by atoms with Crippen LogP contribution in [0.4, 0.5) is 0 Å². The SMILES string of the molecule is O=C(N/N=C/c1c(O)ccc2ccccc12)c1ccc(OCc2ccc(Cl)cc2Cl)cc1. The second-order valence-corrected chi connectivity index (χ2v) is 7.81. The van der Waals surface area contributed by atoms with E-state index in [2.05, 4.69) is 10.5 Å². The summed E-state index contributed by atoms with van der Waals surface area (Å²) in [5.41, 5.74) is 4.24. The van der Waals surface area contributed by atoms with Crippen LogP contribution in [0.25, 0.3) is 10.8 Å². The van der Waals surface area contributed by atoms with Gasteiger partial charge in [-0.15, -0.1) is 0 Å². The van der Waals surface area contributed by atoms with Crippen LogP contribution in [-0.2, 0) is 6.61 Å². The summed E-state index contributed by atoms with van der Waals surface area (Å²) in [4.78, 5) is 12.4. The lowest BCUT2D eigenvalue weighted by molar-refractivity contribution is 0.0955. The molecule has 0 bridgehead atoms. The number of aromatic hydroxyl groups is 1. The van der Waals surface area contributed by atoms with E-state index in [-0.39, 0.29) is 18.3 Å². The fraction of sp³-hybridized carbons (Fsp3) is 0.0400. The Balaban J connectivity index is 1.39. The largest absolute Gasteiger partial charge is 0.507 e. The van der Waals surface area contributed by atoms with Crippen LogP contribution >= 0.6 is 23.2 Å². The van der Waals surface area contributed by atoms with Crippen molar-refractivity contribution in [2.75, 3.05) is 0 Å². The molecule has 0 aromatic heterocycles. The van der Waals surface area contributed by atoms with Crippen LogP contribution in [0, 0.1) is 0 Å². The number of benzene rings is 4. The summed E-state index contributed by atoms with van der Waals surface area (Å²) in [5.74, 6) is 0.300. The smallest absolute Gasteiger partial charge is 0.271 e. The van der Waals surface area contributed by atoms with Gasteiger partial charge in [-0.1, -0.05) is 59.6 Å². The maximum atomic E-state index is 12.4. The zero-order valence-corrected chi connectivity index (χ0v) is 18.3. The molecule has 0 spiro atoms. The summed E-state index contributed by atoms with van der Waals surface area (Å²) < 4.78 is 5.72. The van der Waals surface area contributed by atoms with Gasteiger partial charge in [0.1, 0.15) is 18.1 Å². The lowest BCUT2D eigenvalue weighted by Gasteiger charge is -2.09. The normalized spacial score (nSPS) is 11.1. The van der Waals surface area contributed by atoms with E-state index in [1.54, 1.807) is 48.5 Å². The maximum Gasteiger partial charge on any atom is 0.271 e. The molecule has 1 amide bonds.